The molecule has 0 bridgehead atoms. The Balaban J connectivity index is 1.49. The minimum atomic E-state index is -0.00763. The number of cyclic esters (lactones) is 1. The molecule has 0 aromatic heterocycles. The summed E-state index contributed by atoms with van der Waals surface area (Å²) in [5, 5.41) is 9.48. The van der Waals surface area contributed by atoms with E-state index in [1.165, 1.54) is 5.56 Å². The third kappa shape index (κ3) is 3.50. The first kappa shape index (κ1) is 15.5. The highest BCUT2D eigenvalue weighted by molar-refractivity contribution is 5.74. The van der Waals surface area contributed by atoms with E-state index >= 15 is 0 Å². The van der Waals surface area contributed by atoms with Gasteiger partial charge in [-0.2, -0.15) is 0 Å². The van der Waals surface area contributed by atoms with Crippen molar-refractivity contribution in [1.82, 2.24) is 4.90 Å². The fraction of sp³-hybridized carbons (Fsp3) is 0.611. The van der Waals surface area contributed by atoms with Crippen molar-refractivity contribution < 1.29 is 14.6 Å². The second-order valence-corrected chi connectivity index (χ2v) is 6.41. The van der Waals surface area contributed by atoms with Gasteiger partial charge in [-0.1, -0.05) is 24.3 Å². The number of nitrogens with zero attached hydrogens (tertiary/aromatic N) is 1. The number of rotatable bonds is 5. The molecule has 0 amide bonds. The number of piperidine rings is 1. The van der Waals surface area contributed by atoms with Crippen LogP contribution in [0, 0.1) is 5.92 Å². The molecule has 0 radical (unpaired) electrons. The summed E-state index contributed by atoms with van der Waals surface area (Å²) in [5.74, 6) is 0.663. The first-order valence-electron chi connectivity index (χ1n) is 8.35. The number of hydrogen-bond donors (Lipinski definition) is 1. The molecule has 0 saturated carbocycles. The number of esters is 1. The van der Waals surface area contributed by atoms with Crippen LogP contribution in [0.25, 0.3) is 0 Å². The molecule has 1 aromatic carbocycles. The van der Waals surface area contributed by atoms with Crippen molar-refractivity contribution in [1.29, 1.82) is 0 Å². The fourth-order valence-corrected chi connectivity index (χ4v) is 3.68. The van der Waals surface area contributed by atoms with Crippen LogP contribution in [-0.4, -0.2) is 42.2 Å². The molecule has 120 valence electrons. The number of aliphatic hydroxyl groups excluding tert-OH is 1. The Morgan fingerprint density at radius 1 is 1.18 bits per heavy atom. The van der Waals surface area contributed by atoms with Crippen LogP contribution in [0.1, 0.15) is 42.7 Å². The maximum Gasteiger partial charge on any atom is 0.309 e. The van der Waals surface area contributed by atoms with Crippen molar-refractivity contribution >= 4 is 5.97 Å². The van der Waals surface area contributed by atoms with E-state index in [1.807, 2.05) is 12.1 Å². The van der Waals surface area contributed by atoms with E-state index in [0.29, 0.717) is 12.5 Å². The number of aliphatic hydroxyl groups is 1. The molecule has 1 unspecified atom stereocenters. The Morgan fingerprint density at radius 2 is 1.95 bits per heavy atom. The normalized spacial score (nSPS) is 23.7. The minimum Gasteiger partial charge on any atom is -0.465 e. The van der Waals surface area contributed by atoms with Gasteiger partial charge < -0.3 is 14.7 Å². The van der Waals surface area contributed by atoms with Gasteiger partial charge in [-0.3, -0.25) is 4.79 Å². The second kappa shape index (κ2) is 7.25. The fourth-order valence-electron chi connectivity index (χ4n) is 3.68. The topological polar surface area (TPSA) is 49.8 Å². The van der Waals surface area contributed by atoms with Crippen LogP contribution in [0.4, 0.5) is 0 Å². The maximum absolute atomic E-state index is 11.5. The third-order valence-corrected chi connectivity index (χ3v) is 5.09. The van der Waals surface area contributed by atoms with E-state index in [0.717, 1.165) is 50.9 Å². The zero-order valence-electron chi connectivity index (χ0n) is 13.0. The number of hydrogen-bond acceptors (Lipinski definition) is 4. The Morgan fingerprint density at radius 3 is 2.64 bits per heavy atom. The average Bonchev–Trinajstić information content (AvgIpc) is 2.98. The molecule has 1 aromatic rings. The molecule has 1 N–H and O–H groups in total. The molecule has 2 saturated heterocycles. The van der Waals surface area contributed by atoms with Crippen LogP contribution in [0.3, 0.4) is 0 Å². The monoisotopic (exact) mass is 303 g/mol. The van der Waals surface area contributed by atoms with Crippen LogP contribution in [-0.2, 0) is 16.1 Å². The first-order chi connectivity index (χ1) is 10.8. The van der Waals surface area contributed by atoms with E-state index in [9.17, 15) is 9.90 Å². The molecular weight excluding hydrogens is 278 g/mol. The number of ether oxygens (including phenoxy) is 1. The van der Waals surface area contributed by atoms with Crippen LogP contribution in [0.5, 0.6) is 0 Å². The molecular formula is C18H25NO3. The van der Waals surface area contributed by atoms with Gasteiger partial charge in [-0.05, 0) is 62.4 Å². The smallest absolute Gasteiger partial charge is 0.309 e. The zero-order chi connectivity index (χ0) is 15.4. The summed E-state index contributed by atoms with van der Waals surface area (Å²) in [7, 11) is 0. The summed E-state index contributed by atoms with van der Waals surface area (Å²) in [6.45, 7) is 3.87. The third-order valence-electron chi connectivity index (χ3n) is 5.09. The van der Waals surface area contributed by atoms with Gasteiger partial charge in [-0.25, -0.2) is 0 Å². The lowest BCUT2D eigenvalue weighted by Gasteiger charge is -2.33. The van der Waals surface area contributed by atoms with E-state index in [1.54, 1.807) is 0 Å². The van der Waals surface area contributed by atoms with Gasteiger partial charge in [0.05, 0.1) is 19.1 Å². The Hall–Kier alpha value is -1.39. The number of likely N-dealkylation sites (tertiary alicyclic amines) is 1. The van der Waals surface area contributed by atoms with Gasteiger partial charge in [0.15, 0.2) is 0 Å². The van der Waals surface area contributed by atoms with Crippen molar-refractivity contribution in [2.45, 2.75) is 38.2 Å². The minimum absolute atomic E-state index is 0.00763. The quantitative estimate of drug-likeness (QED) is 0.848. The van der Waals surface area contributed by atoms with Gasteiger partial charge in [0.25, 0.3) is 0 Å². The van der Waals surface area contributed by atoms with Crippen molar-refractivity contribution in [2.24, 2.45) is 5.92 Å². The predicted octanol–water partition coefficient (Wildman–Crippen LogP) is 2.31. The molecule has 22 heavy (non-hydrogen) atoms. The van der Waals surface area contributed by atoms with Crippen LogP contribution in [0.15, 0.2) is 24.3 Å². The zero-order valence-corrected chi connectivity index (χ0v) is 13.0. The largest absolute Gasteiger partial charge is 0.465 e. The molecule has 2 heterocycles. The van der Waals surface area contributed by atoms with Crippen molar-refractivity contribution in [3.63, 3.8) is 0 Å². The lowest BCUT2D eigenvalue weighted by molar-refractivity contribution is -0.141. The molecule has 2 aliphatic heterocycles. The van der Waals surface area contributed by atoms with Crippen LogP contribution < -0.4 is 0 Å². The average molecular weight is 303 g/mol. The second-order valence-electron chi connectivity index (χ2n) is 6.41. The highest BCUT2D eigenvalue weighted by Gasteiger charge is 2.28. The van der Waals surface area contributed by atoms with E-state index in [2.05, 4.69) is 17.0 Å². The van der Waals surface area contributed by atoms with E-state index in [-0.39, 0.29) is 18.5 Å². The Labute approximate surface area is 132 Å². The van der Waals surface area contributed by atoms with Gasteiger partial charge in [0.2, 0.25) is 0 Å². The van der Waals surface area contributed by atoms with Gasteiger partial charge in [0, 0.05) is 0 Å². The van der Waals surface area contributed by atoms with Crippen molar-refractivity contribution in [2.75, 3.05) is 26.2 Å². The summed E-state index contributed by atoms with van der Waals surface area (Å²) < 4.78 is 5.02. The van der Waals surface area contributed by atoms with E-state index in [4.69, 9.17) is 4.74 Å². The number of benzene rings is 1. The number of carbonyl (C=O) groups is 1. The van der Waals surface area contributed by atoms with E-state index < -0.39 is 0 Å². The Bertz CT molecular complexity index is 509. The number of carbonyl (C=O) groups excluding carboxylic acids is 1. The lowest BCUT2D eigenvalue weighted by Crippen LogP contribution is -2.35. The van der Waals surface area contributed by atoms with Gasteiger partial charge in [-0.15, -0.1) is 0 Å². The van der Waals surface area contributed by atoms with Gasteiger partial charge >= 0.3 is 5.97 Å². The summed E-state index contributed by atoms with van der Waals surface area (Å²) in [6, 6.07) is 8.23. The Kier molecular flexibility index (Phi) is 5.11. The summed E-state index contributed by atoms with van der Waals surface area (Å²) in [6.07, 6.45) is 4.08. The molecule has 0 spiro atoms. The first-order valence-corrected chi connectivity index (χ1v) is 8.35. The maximum atomic E-state index is 11.5. The molecule has 2 aliphatic rings. The summed E-state index contributed by atoms with van der Waals surface area (Å²) in [5.41, 5.74) is 2.37. The highest BCUT2D eigenvalue weighted by Crippen LogP contribution is 2.31. The molecule has 3 rings (SSSR count). The molecule has 4 nitrogen and oxygen atoms in total. The van der Waals surface area contributed by atoms with Crippen molar-refractivity contribution in [3.05, 3.63) is 35.4 Å². The molecule has 2 fully saturated rings. The molecule has 1 atom stereocenters. The molecule has 4 heteroatoms. The SMILES string of the molecule is O=C1OCCC1CCN1CCC(c2ccccc2CO)CC1. The lowest BCUT2D eigenvalue weighted by atomic mass is 9.86. The standard InChI is InChI=1S/C18H25NO3/c20-13-16-3-1-2-4-17(16)14-5-9-19(10-6-14)11-7-15-8-12-22-18(15)21/h1-4,14-15,20H,5-13H2. The van der Waals surface area contributed by atoms with Crippen LogP contribution >= 0.6 is 0 Å². The highest BCUT2D eigenvalue weighted by atomic mass is 16.5. The van der Waals surface area contributed by atoms with Crippen LogP contribution in [0.2, 0.25) is 0 Å². The molecule has 0 aliphatic carbocycles. The predicted molar refractivity (Wildman–Crippen MR) is 84.5 cm³/mol. The summed E-state index contributed by atoms with van der Waals surface area (Å²) in [4.78, 5) is 14.0. The summed E-state index contributed by atoms with van der Waals surface area (Å²) >= 11 is 0. The van der Waals surface area contributed by atoms with Gasteiger partial charge in [0.1, 0.15) is 0 Å². The van der Waals surface area contributed by atoms with Crippen molar-refractivity contribution in [3.8, 4) is 0 Å².